The first kappa shape index (κ1) is 20.6. The summed E-state index contributed by atoms with van der Waals surface area (Å²) in [5.74, 6) is 1.40. The van der Waals surface area contributed by atoms with E-state index in [0.29, 0.717) is 17.1 Å². The van der Waals surface area contributed by atoms with Crippen molar-refractivity contribution in [3.63, 3.8) is 0 Å². The molecule has 2 N–H and O–H groups in total. The molecular formula is C19H24N8OS2. The fraction of sp³-hybridized carbons (Fsp3) is 0.421. The number of piperazine rings is 1. The molecule has 1 aliphatic rings. The van der Waals surface area contributed by atoms with E-state index in [0.717, 1.165) is 43.5 Å². The topological polar surface area (TPSA) is 95.0 Å². The highest BCUT2D eigenvalue weighted by molar-refractivity contribution is 7.71. The van der Waals surface area contributed by atoms with Gasteiger partial charge in [0.25, 0.3) is 0 Å². The van der Waals surface area contributed by atoms with Crippen molar-refractivity contribution < 1.29 is 4.79 Å². The first-order valence-electron chi connectivity index (χ1n) is 9.86. The van der Waals surface area contributed by atoms with Gasteiger partial charge in [0, 0.05) is 51.7 Å². The van der Waals surface area contributed by atoms with Crippen LogP contribution in [0.2, 0.25) is 0 Å². The summed E-state index contributed by atoms with van der Waals surface area (Å²) in [5, 5.41) is 12.1. The lowest BCUT2D eigenvalue weighted by atomic mass is 10.3. The number of anilines is 1. The molecule has 3 aromatic rings. The lowest BCUT2D eigenvalue weighted by Crippen LogP contribution is -2.49. The average molecular weight is 445 g/mol. The highest BCUT2D eigenvalue weighted by atomic mass is 32.1. The van der Waals surface area contributed by atoms with E-state index in [4.69, 9.17) is 12.2 Å². The van der Waals surface area contributed by atoms with Crippen molar-refractivity contribution in [1.29, 1.82) is 0 Å². The smallest absolute Gasteiger partial charge is 0.242 e. The molecule has 4 heterocycles. The normalized spacial score (nSPS) is 15.8. The van der Waals surface area contributed by atoms with Crippen molar-refractivity contribution in [2.45, 2.75) is 13.0 Å². The van der Waals surface area contributed by atoms with Gasteiger partial charge in [-0.25, -0.2) is 9.97 Å². The molecule has 11 heteroatoms. The Labute approximate surface area is 183 Å². The molecule has 0 aliphatic carbocycles. The molecule has 0 spiro atoms. The summed E-state index contributed by atoms with van der Waals surface area (Å²) in [6.07, 6.45) is 3.53. The Morgan fingerprint density at radius 3 is 2.73 bits per heavy atom. The SMILES string of the molecule is CC(C(=O)NCCN1CCN(c2ncccn2)CC1)n1c(-c2cccs2)n[nH]c1=S. The van der Waals surface area contributed by atoms with E-state index in [-0.39, 0.29) is 5.91 Å². The predicted octanol–water partition coefficient (Wildman–Crippen LogP) is 1.96. The molecule has 4 rings (SSSR count). The Balaban J connectivity index is 1.27. The second-order valence-corrected chi connectivity index (χ2v) is 8.38. The van der Waals surface area contributed by atoms with E-state index in [1.807, 2.05) is 30.5 Å². The number of aromatic nitrogens is 5. The van der Waals surface area contributed by atoms with Crippen LogP contribution in [0.4, 0.5) is 5.95 Å². The van der Waals surface area contributed by atoms with E-state index >= 15 is 0 Å². The third kappa shape index (κ3) is 4.58. The number of nitrogens with zero attached hydrogens (tertiary/aromatic N) is 6. The van der Waals surface area contributed by atoms with Gasteiger partial charge in [0.1, 0.15) is 6.04 Å². The molecule has 30 heavy (non-hydrogen) atoms. The molecule has 1 amide bonds. The quantitative estimate of drug-likeness (QED) is 0.538. The van der Waals surface area contributed by atoms with Crippen LogP contribution in [0.25, 0.3) is 10.7 Å². The van der Waals surface area contributed by atoms with Crippen molar-refractivity contribution in [2.75, 3.05) is 44.2 Å². The maximum Gasteiger partial charge on any atom is 0.242 e. The molecule has 1 saturated heterocycles. The maximum atomic E-state index is 12.7. The number of aromatic amines is 1. The molecule has 158 valence electrons. The molecule has 1 aliphatic heterocycles. The third-order valence-corrected chi connectivity index (χ3v) is 6.30. The van der Waals surface area contributed by atoms with Crippen LogP contribution in [0.15, 0.2) is 36.0 Å². The van der Waals surface area contributed by atoms with E-state index in [1.165, 1.54) is 0 Å². The van der Waals surface area contributed by atoms with E-state index in [2.05, 4.69) is 35.3 Å². The van der Waals surface area contributed by atoms with Gasteiger partial charge < -0.3 is 10.2 Å². The summed E-state index contributed by atoms with van der Waals surface area (Å²) in [6.45, 7) is 6.82. The zero-order valence-electron chi connectivity index (χ0n) is 16.7. The van der Waals surface area contributed by atoms with Crippen LogP contribution in [0.1, 0.15) is 13.0 Å². The minimum Gasteiger partial charge on any atom is -0.353 e. The molecule has 1 atom stereocenters. The van der Waals surface area contributed by atoms with Gasteiger partial charge >= 0.3 is 0 Å². The van der Waals surface area contributed by atoms with Gasteiger partial charge in [0.2, 0.25) is 11.9 Å². The van der Waals surface area contributed by atoms with Crippen LogP contribution >= 0.6 is 23.6 Å². The molecule has 3 aromatic heterocycles. The van der Waals surface area contributed by atoms with Crippen molar-refractivity contribution in [1.82, 2.24) is 34.9 Å². The molecule has 9 nitrogen and oxygen atoms in total. The van der Waals surface area contributed by atoms with Crippen LogP contribution < -0.4 is 10.2 Å². The Hall–Kier alpha value is -2.63. The zero-order valence-corrected chi connectivity index (χ0v) is 18.3. The number of rotatable bonds is 7. The monoisotopic (exact) mass is 444 g/mol. The van der Waals surface area contributed by atoms with Crippen molar-refractivity contribution >= 4 is 35.4 Å². The van der Waals surface area contributed by atoms with Gasteiger partial charge in [-0.15, -0.1) is 11.3 Å². The number of carbonyl (C=O) groups is 1. The van der Waals surface area contributed by atoms with Gasteiger partial charge in [-0.2, -0.15) is 5.10 Å². The lowest BCUT2D eigenvalue weighted by molar-refractivity contribution is -0.123. The van der Waals surface area contributed by atoms with Gasteiger partial charge in [0.05, 0.1) is 4.88 Å². The number of hydrogen-bond donors (Lipinski definition) is 2. The summed E-state index contributed by atoms with van der Waals surface area (Å²) in [4.78, 5) is 26.9. The minimum atomic E-state index is -0.444. The van der Waals surface area contributed by atoms with Crippen LogP contribution in [-0.2, 0) is 4.79 Å². The van der Waals surface area contributed by atoms with Crippen LogP contribution in [-0.4, -0.2) is 74.8 Å². The Bertz CT molecular complexity index is 1010. The molecule has 1 unspecified atom stereocenters. The predicted molar refractivity (Wildman–Crippen MR) is 119 cm³/mol. The largest absolute Gasteiger partial charge is 0.353 e. The summed E-state index contributed by atoms with van der Waals surface area (Å²) in [5.41, 5.74) is 0. The van der Waals surface area contributed by atoms with Gasteiger partial charge in [-0.3, -0.25) is 19.4 Å². The molecule has 0 saturated carbocycles. The van der Waals surface area contributed by atoms with E-state index in [9.17, 15) is 4.79 Å². The Morgan fingerprint density at radius 2 is 2.03 bits per heavy atom. The third-order valence-electron chi connectivity index (χ3n) is 5.15. The highest BCUT2D eigenvalue weighted by Gasteiger charge is 2.22. The fourth-order valence-electron chi connectivity index (χ4n) is 3.47. The first-order chi connectivity index (χ1) is 14.6. The number of carbonyl (C=O) groups excluding carboxylic acids is 1. The fourth-order valence-corrected chi connectivity index (χ4v) is 4.47. The molecule has 0 radical (unpaired) electrons. The molecular weight excluding hydrogens is 420 g/mol. The average Bonchev–Trinajstić information content (AvgIpc) is 3.44. The maximum absolute atomic E-state index is 12.7. The van der Waals surface area contributed by atoms with Gasteiger partial charge in [0.15, 0.2) is 10.6 Å². The number of hydrogen-bond acceptors (Lipinski definition) is 8. The second kappa shape index (κ2) is 9.45. The number of nitrogens with one attached hydrogen (secondary N) is 2. The zero-order chi connectivity index (χ0) is 20.9. The van der Waals surface area contributed by atoms with Gasteiger partial charge in [-0.1, -0.05) is 6.07 Å². The Morgan fingerprint density at radius 1 is 1.27 bits per heavy atom. The van der Waals surface area contributed by atoms with Crippen LogP contribution in [0.5, 0.6) is 0 Å². The minimum absolute atomic E-state index is 0.0679. The highest BCUT2D eigenvalue weighted by Crippen LogP contribution is 2.25. The van der Waals surface area contributed by atoms with Crippen LogP contribution in [0.3, 0.4) is 0 Å². The summed E-state index contributed by atoms with van der Waals surface area (Å²) in [6, 6.07) is 5.30. The van der Waals surface area contributed by atoms with Crippen LogP contribution in [0, 0.1) is 4.77 Å². The second-order valence-electron chi connectivity index (χ2n) is 7.04. The number of H-pyrrole nitrogens is 1. The molecule has 1 fully saturated rings. The summed E-state index contributed by atoms with van der Waals surface area (Å²) in [7, 11) is 0. The number of thiophene rings is 1. The van der Waals surface area contributed by atoms with Crippen molar-refractivity contribution in [3.05, 3.63) is 40.7 Å². The van der Waals surface area contributed by atoms with E-state index in [1.54, 1.807) is 28.3 Å². The Kier molecular flexibility index (Phi) is 6.50. The summed E-state index contributed by atoms with van der Waals surface area (Å²) < 4.78 is 2.22. The molecule has 0 aromatic carbocycles. The number of amides is 1. The molecule has 0 bridgehead atoms. The summed E-state index contributed by atoms with van der Waals surface area (Å²) >= 11 is 6.92. The van der Waals surface area contributed by atoms with E-state index < -0.39 is 6.04 Å². The van der Waals surface area contributed by atoms with Crippen molar-refractivity contribution in [3.8, 4) is 10.7 Å². The van der Waals surface area contributed by atoms with Gasteiger partial charge in [-0.05, 0) is 36.7 Å². The standard InChI is InChI=1S/C19H24N8OS2/c1-14(27-16(23-24-19(27)29)15-4-2-13-30-15)17(28)20-7-8-25-9-11-26(12-10-25)18-21-5-3-6-22-18/h2-6,13-14H,7-12H2,1H3,(H,20,28)(H,24,29). The lowest BCUT2D eigenvalue weighted by Gasteiger charge is -2.34. The van der Waals surface area contributed by atoms with Crippen molar-refractivity contribution in [2.24, 2.45) is 0 Å². The first-order valence-corrected chi connectivity index (χ1v) is 11.1.